The van der Waals surface area contributed by atoms with Crippen LogP contribution in [0.4, 0.5) is 0 Å². The fourth-order valence-corrected chi connectivity index (χ4v) is 3.68. The Morgan fingerprint density at radius 2 is 2.16 bits per heavy atom. The van der Waals surface area contributed by atoms with Crippen LogP contribution in [0.3, 0.4) is 0 Å². The van der Waals surface area contributed by atoms with Gasteiger partial charge in [-0.15, -0.1) is 0 Å². The molecule has 1 aromatic rings. The van der Waals surface area contributed by atoms with Crippen molar-refractivity contribution in [3.8, 4) is 0 Å². The van der Waals surface area contributed by atoms with Crippen LogP contribution in [-0.2, 0) is 10.3 Å². The van der Waals surface area contributed by atoms with E-state index >= 15 is 0 Å². The molecule has 2 aliphatic rings. The first-order valence-corrected chi connectivity index (χ1v) is 7.08. The summed E-state index contributed by atoms with van der Waals surface area (Å²) in [5.74, 6) is 3.27. The van der Waals surface area contributed by atoms with Crippen LogP contribution in [-0.4, -0.2) is 16.0 Å². The van der Waals surface area contributed by atoms with Crippen LogP contribution in [0.25, 0.3) is 0 Å². The van der Waals surface area contributed by atoms with Crippen molar-refractivity contribution in [3.05, 3.63) is 11.7 Å². The van der Waals surface area contributed by atoms with Gasteiger partial charge < -0.3 is 9.84 Å². The van der Waals surface area contributed by atoms with Crippen molar-refractivity contribution in [2.75, 3.05) is 0 Å². The van der Waals surface area contributed by atoms with E-state index in [0.717, 1.165) is 17.7 Å². The number of rotatable bonds is 3. The van der Waals surface area contributed by atoms with Gasteiger partial charge in [0, 0.05) is 12.8 Å². The van der Waals surface area contributed by atoms with Gasteiger partial charge in [0.2, 0.25) is 11.8 Å². The Balaban J connectivity index is 1.78. The summed E-state index contributed by atoms with van der Waals surface area (Å²) in [5, 5.41) is 6.92. The molecule has 1 aromatic heterocycles. The van der Waals surface area contributed by atoms with Crippen molar-refractivity contribution < 1.29 is 9.32 Å². The summed E-state index contributed by atoms with van der Waals surface area (Å²) in [7, 11) is 0. The largest absolute Gasteiger partial charge is 0.344 e. The lowest BCUT2D eigenvalue weighted by Gasteiger charge is -2.21. The Hall–Kier alpha value is -1.39. The summed E-state index contributed by atoms with van der Waals surface area (Å²) >= 11 is 0. The summed E-state index contributed by atoms with van der Waals surface area (Å²) in [6, 6.07) is 0. The van der Waals surface area contributed by atoms with Crippen LogP contribution in [0.5, 0.6) is 0 Å². The molecule has 2 aliphatic carbocycles. The molecule has 2 bridgehead atoms. The molecule has 19 heavy (non-hydrogen) atoms. The van der Waals surface area contributed by atoms with Gasteiger partial charge in [-0.25, -0.2) is 0 Å². The summed E-state index contributed by atoms with van der Waals surface area (Å²) in [6.45, 7) is 5.28. The topological polar surface area (TPSA) is 68.0 Å². The highest BCUT2D eigenvalue weighted by atomic mass is 16.5. The monoisotopic (exact) mass is 263 g/mol. The summed E-state index contributed by atoms with van der Waals surface area (Å²) in [4.78, 5) is 15.7. The first-order chi connectivity index (χ1) is 8.95. The second kappa shape index (κ2) is 4.32. The molecule has 0 aromatic carbocycles. The van der Waals surface area contributed by atoms with Crippen LogP contribution in [0.1, 0.15) is 64.1 Å². The number of hydrogen-bond donors (Lipinski definition) is 1. The molecule has 3 atom stereocenters. The maximum Gasteiger partial charge on any atom is 0.230 e. The second-order valence-electron chi connectivity index (χ2n) is 6.54. The normalized spacial score (nSPS) is 29.7. The molecule has 0 aliphatic heterocycles. The molecule has 3 rings (SSSR count). The molecule has 5 nitrogen and oxygen atoms in total. The highest BCUT2D eigenvalue weighted by Gasteiger charge is 2.43. The predicted octanol–water partition coefficient (Wildman–Crippen LogP) is 2.34. The quantitative estimate of drug-likeness (QED) is 0.909. The molecule has 1 heterocycles. The molecule has 2 saturated carbocycles. The molecule has 5 heteroatoms. The Kier molecular flexibility index (Phi) is 2.87. The van der Waals surface area contributed by atoms with Gasteiger partial charge in [0.25, 0.3) is 0 Å². The average molecular weight is 263 g/mol. The van der Waals surface area contributed by atoms with Gasteiger partial charge in [-0.05, 0) is 44.9 Å². The van der Waals surface area contributed by atoms with E-state index in [1.54, 1.807) is 0 Å². The lowest BCUT2D eigenvalue weighted by Crippen LogP contribution is -2.40. The molecule has 0 radical (unpaired) electrons. The van der Waals surface area contributed by atoms with Gasteiger partial charge in [-0.1, -0.05) is 11.6 Å². The van der Waals surface area contributed by atoms with Crippen LogP contribution >= 0.6 is 0 Å². The average Bonchev–Trinajstić information content (AvgIpc) is 3.03. The van der Waals surface area contributed by atoms with E-state index in [1.807, 2.05) is 13.8 Å². The van der Waals surface area contributed by atoms with Crippen molar-refractivity contribution in [2.45, 2.75) is 57.9 Å². The van der Waals surface area contributed by atoms with Gasteiger partial charge >= 0.3 is 0 Å². The number of nitrogens with zero attached hydrogens (tertiary/aromatic N) is 2. The SMILES string of the molecule is CC(=O)NC(C)(C)c1noc([C@H]2C[C@@H]3CC[C@@H]2C3)n1. The smallest absolute Gasteiger partial charge is 0.230 e. The predicted molar refractivity (Wildman–Crippen MR) is 69.3 cm³/mol. The van der Waals surface area contributed by atoms with Crippen LogP contribution in [0.2, 0.25) is 0 Å². The molecule has 1 amide bonds. The molecule has 0 unspecified atom stereocenters. The van der Waals surface area contributed by atoms with Crippen molar-refractivity contribution in [2.24, 2.45) is 11.8 Å². The van der Waals surface area contributed by atoms with Crippen LogP contribution < -0.4 is 5.32 Å². The minimum Gasteiger partial charge on any atom is -0.344 e. The highest BCUT2D eigenvalue weighted by molar-refractivity contribution is 5.73. The van der Waals surface area contributed by atoms with E-state index in [0.29, 0.717) is 11.7 Å². The third-order valence-corrected chi connectivity index (χ3v) is 4.54. The van der Waals surface area contributed by atoms with Gasteiger partial charge in [0.05, 0.1) is 5.54 Å². The fourth-order valence-electron chi connectivity index (χ4n) is 3.68. The third kappa shape index (κ3) is 2.26. The second-order valence-corrected chi connectivity index (χ2v) is 6.54. The van der Waals surface area contributed by atoms with Crippen LogP contribution in [0, 0.1) is 11.8 Å². The number of fused-ring (bicyclic) bond motifs is 2. The Morgan fingerprint density at radius 1 is 1.37 bits per heavy atom. The standard InChI is InChI=1S/C14H21N3O2/c1-8(18)16-14(2,3)13-15-12(19-17-13)11-7-9-4-5-10(11)6-9/h9-11H,4-7H2,1-3H3,(H,16,18)/t9-,10-,11+/m1/s1. The lowest BCUT2D eigenvalue weighted by atomic mass is 9.89. The van der Waals surface area contributed by atoms with E-state index < -0.39 is 5.54 Å². The van der Waals surface area contributed by atoms with E-state index in [4.69, 9.17) is 4.52 Å². The van der Waals surface area contributed by atoms with Crippen molar-refractivity contribution >= 4 is 5.91 Å². The molecule has 104 valence electrons. The van der Waals surface area contributed by atoms with Gasteiger partial charge in [0.15, 0.2) is 5.82 Å². The van der Waals surface area contributed by atoms with Crippen molar-refractivity contribution in [3.63, 3.8) is 0 Å². The third-order valence-electron chi connectivity index (χ3n) is 4.54. The maximum absolute atomic E-state index is 11.2. The Morgan fingerprint density at radius 3 is 2.74 bits per heavy atom. The van der Waals surface area contributed by atoms with Gasteiger partial charge in [0.1, 0.15) is 0 Å². The van der Waals surface area contributed by atoms with Gasteiger partial charge in [-0.2, -0.15) is 4.98 Å². The minimum atomic E-state index is -0.578. The summed E-state index contributed by atoms with van der Waals surface area (Å²) in [5.41, 5.74) is -0.578. The number of carbonyl (C=O) groups is 1. The minimum absolute atomic E-state index is 0.0868. The van der Waals surface area contributed by atoms with E-state index in [2.05, 4.69) is 15.5 Å². The summed E-state index contributed by atoms with van der Waals surface area (Å²) < 4.78 is 5.46. The molecular weight excluding hydrogens is 242 g/mol. The van der Waals surface area contributed by atoms with Crippen molar-refractivity contribution in [1.82, 2.24) is 15.5 Å². The first-order valence-electron chi connectivity index (χ1n) is 7.08. The first kappa shape index (κ1) is 12.6. The summed E-state index contributed by atoms with van der Waals surface area (Å²) in [6.07, 6.45) is 5.16. The van der Waals surface area contributed by atoms with E-state index in [1.165, 1.54) is 32.6 Å². The van der Waals surface area contributed by atoms with Gasteiger partial charge in [-0.3, -0.25) is 4.79 Å². The number of hydrogen-bond acceptors (Lipinski definition) is 4. The fraction of sp³-hybridized carbons (Fsp3) is 0.786. The molecule has 2 fully saturated rings. The van der Waals surface area contributed by atoms with Crippen molar-refractivity contribution in [1.29, 1.82) is 0 Å². The molecule has 0 saturated heterocycles. The zero-order valence-electron chi connectivity index (χ0n) is 11.8. The number of nitrogens with one attached hydrogen (secondary N) is 1. The zero-order valence-corrected chi connectivity index (χ0v) is 11.8. The highest BCUT2D eigenvalue weighted by Crippen LogP contribution is 2.52. The Labute approximate surface area is 113 Å². The molecule has 1 N–H and O–H groups in total. The maximum atomic E-state index is 11.2. The molecular formula is C14H21N3O2. The lowest BCUT2D eigenvalue weighted by molar-refractivity contribution is -0.120. The zero-order chi connectivity index (χ0) is 13.6. The van der Waals surface area contributed by atoms with E-state index in [-0.39, 0.29) is 5.91 Å². The number of amides is 1. The Bertz CT molecular complexity index is 495. The van der Waals surface area contributed by atoms with E-state index in [9.17, 15) is 4.79 Å². The number of aromatic nitrogens is 2. The number of carbonyl (C=O) groups excluding carboxylic acids is 1. The van der Waals surface area contributed by atoms with Crippen LogP contribution in [0.15, 0.2) is 4.52 Å². The molecule has 0 spiro atoms.